The highest BCUT2D eigenvalue weighted by molar-refractivity contribution is 5.80. The molecule has 0 spiro atoms. The van der Waals surface area contributed by atoms with E-state index in [0.717, 1.165) is 64.2 Å². The number of aliphatic hydroxyl groups is 5. The second-order valence-corrected chi connectivity index (χ2v) is 22.8. The Hall–Kier alpha value is -2.12. The van der Waals surface area contributed by atoms with E-state index in [0.29, 0.717) is 19.3 Å². The van der Waals surface area contributed by atoms with E-state index in [1.807, 2.05) is 6.08 Å². The van der Waals surface area contributed by atoms with E-state index >= 15 is 0 Å². The summed E-state index contributed by atoms with van der Waals surface area (Å²) in [4.78, 5) is 26.6. The fraction of sp³-hybridized carbons (Fsp3) is 0.879. The summed E-state index contributed by atoms with van der Waals surface area (Å²) >= 11 is 0. The van der Waals surface area contributed by atoms with Gasteiger partial charge in [-0.1, -0.05) is 263 Å². The number of hydrogen-bond acceptors (Lipinski definition) is 10. The van der Waals surface area contributed by atoms with Gasteiger partial charge in [-0.2, -0.15) is 0 Å². The highest BCUT2D eigenvalue weighted by Gasteiger charge is 2.47. The fourth-order valence-corrected chi connectivity index (χ4v) is 10.3. The Kier molecular flexibility index (Phi) is 51.6. The lowest BCUT2D eigenvalue weighted by molar-refractivity contribution is -0.305. The van der Waals surface area contributed by atoms with Crippen molar-refractivity contribution in [2.45, 2.75) is 359 Å². The minimum absolute atomic E-state index is 0.123. The van der Waals surface area contributed by atoms with Gasteiger partial charge in [0.05, 0.1) is 25.4 Å². The van der Waals surface area contributed by atoms with Gasteiger partial charge in [0.15, 0.2) is 12.4 Å². The minimum Gasteiger partial charge on any atom is -0.454 e. The molecule has 0 aromatic heterocycles. The Morgan fingerprint density at radius 2 is 0.857 bits per heavy atom. The number of ether oxygens (including phenoxy) is 3. The van der Waals surface area contributed by atoms with E-state index in [4.69, 9.17) is 14.2 Å². The molecule has 1 fully saturated rings. The molecular formula is C66H123NO10. The molecule has 1 aliphatic rings. The van der Waals surface area contributed by atoms with Crippen molar-refractivity contribution in [2.75, 3.05) is 13.2 Å². The van der Waals surface area contributed by atoms with E-state index in [-0.39, 0.29) is 13.0 Å². The van der Waals surface area contributed by atoms with Crippen LogP contribution in [0.1, 0.15) is 310 Å². The summed E-state index contributed by atoms with van der Waals surface area (Å²) < 4.78 is 17.6. The van der Waals surface area contributed by atoms with E-state index in [1.54, 1.807) is 6.08 Å². The second kappa shape index (κ2) is 54.5. The van der Waals surface area contributed by atoms with Crippen LogP contribution in [0.5, 0.6) is 0 Å². The van der Waals surface area contributed by atoms with Crippen molar-refractivity contribution >= 4 is 11.9 Å². The SMILES string of the molecule is CCCCCCCC/C=C/CCCCCCCCCCCC(=O)OC1C(OCC(NC(=O)C(O)CCCCCCCCCC/C=C/CCCCCCCC)C(O)/C=C/CCCCCCCCCCC)OC(CO)C(O)C1O. The summed E-state index contributed by atoms with van der Waals surface area (Å²) in [6.07, 6.45) is 54.7. The molecule has 1 aliphatic heterocycles. The summed E-state index contributed by atoms with van der Waals surface area (Å²) in [5.41, 5.74) is 0. The molecule has 0 bridgehead atoms. The maximum absolute atomic E-state index is 13.4. The molecule has 0 aromatic carbocycles. The first kappa shape index (κ1) is 72.9. The topological polar surface area (TPSA) is 175 Å². The van der Waals surface area contributed by atoms with Gasteiger partial charge in [0.25, 0.3) is 0 Å². The molecule has 0 aliphatic carbocycles. The lowest BCUT2D eigenvalue weighted by Gasteiger charge is -2.41. The Morgan fingerprint density at radius 3 is 1.26 bits per heavy atom. The monoisotopic (exact) mass is 1090 g/mol. The summed E-state index contributed by atoms with van der Waals surface area (Å²) in [6, 6.07) is -1.02. The number of rotatable bonds is 56. The van der Waals surface area contributed by atoms with Crippen LogP contribution >= 0.6 is 0 Å². The highest BCUT2D eigenvalue weighted by Crippen LogP contribution is 2.26. The van der Waals surface area contributed by atoms with Crippen LogP contribution in [0.25, 0.3) is 0 Å². The van der Waals surface area contributed by atoms with Gasteiger partial charge in [-0.15, -0.1) is 0 Å². The Bertz CT molecular complexity index is 1390. The number of carbonyl (C=O) groups is 2. The lowest BCUT2D eigenvalue weighted by Crippen LogP contribution is -2.61. The third-order valence-corrected chi connectivity index (χ3v) is 15.5. The molecule has 11 heteroatoms. The van der Waals surface area contributed by atoms with Crippen LogP contribution in [0.2, 0.25) is 0 Å². The van der Waals surface area contributed by atoms with Gasteiger partial charge in [0, 0.05) is 6.42 Å². The molecule has 0 saturated carbocycles. The summed E-state index contributed by atoms with van der Waals surface area (Å²) in [7, 11) is 0. The molecule has 1 heterocycles. The first-order valence-electron chi connectivity index (χ1n) is 32.8. The minimum atomic E-state index is -1.61. The fourth-order valence-electron chi connectivity index (χ4n) is 10.3. The predicted octanol–water partition coefficient (Wildman–Crippen LogP) is 15.8. The first-order valence-corrected chi connectivity index (χ1v) is 32.8. The maximum atomic E-state index is 13.4. The van der Waals surface area contributed by atoms with E-state index in [9.17, 15) is 35.1 Å². The van der Waals surface area contributed by atoms with E-state index in [1.165, 1.54) is 199 Å². The van der Waals surface area contributed by atoms with Crippen molar-refractivity contribution in [2.24, 2.45) is 0 Å². The Balaban J connectivity index is 2.62. The van der Waals surface area contributed by atoms with Crippen molar-refractivity contribution in [3.05, 3.63) is 36.5 Å². The average Bonchev–Trinajstić information content (AvgIpc) is 3.43. The van der Waals surface area contributed by atoms with E-state index < -0.39 is 67.4 Å². The first-order chi connectivity index (χ1) is 37.7. The molecule has 1 saturated heterocycles. The highest BCUT2D eigenvalue weighted by atomic mass is 16.7. The second-order valence-electron chi connectivity index (χ2n) is 22.8. The van der Waals surface area contributed by atoms with Gasteiger partial charge < -0.3 is 45.1 Å². The number of unbranched alkanes of at least 4 members (excludes halogenated alkanes) is 38. The standard InChI is InChI=1S/C66H123NO10/c1-4-7-10-13-16-19-22-24-26-28-30-32-34-36-39-42-45-48-51-54-61(71)77-64-63(73)62(72)60(55-68)76-66(64)75-56-57(58(69)52-49-46-43-40-37-21-18-15-12-9-6-3)67-65(74)59(70)53-50-47-44-41-38-35-33-31-29-27-25-23-20-17-14-11-8-5-2/h24-27,49,52,57-60,62-64,66,68-70,72-73H,4-23,28-48,50-51,53-56H2,1-3H3,(H,67,74)/b26-24+,27-25+,52-49+. The molecule has 452 valence electrons. The van der Waals surface area contributed by atoms with Crippen molar-refractivity contribution < 1.29 is 49.3 Å². The van der Waals surface area contributed by atoms with Crippen molar-refractivity contribution in [1.29, 1.82) is 0 Å². The van der Waals surface area contributed by atoms with Gasteiger partial charge in [-0.05, 0) is 77.0 Å². The third-order valence-electron chi connectivity index (χ3n) is 15.5. The quantitative estimate of drug-likeness (QED) is 0.0195. The number of amides is 1. The molecule has 11 nitrogen and oxygen atoms in total. The summed E-state index contributed by atoms with van der Waals surface area (Å²) in [6.45, 7) is 5.80. The smallest absolute Gasteiger partial charge is 0.306 e. The predicted molar refractivity (Wildman–Crippen MR) is 320 cm³/mol. The number of hydrogen-bond donors (Lipinski definition) is 6. The molecule has 77 heavy (non-hydrogen) atoms. The molecule has 0 radical (unpaired) electrons. The molecule has 8 unspecified atom stereocenters. The number of aliphatic hydroxyl groups excluding tert-OH is 5. The zero-order chi connectivity index (χ0) is 56.1. The van der Waals surface area contributed by atoms with Crippen molar-refractivity contribution in [1.82, 2.24) is 5.32 Å². The zero-order valence-electron chi connectivity index (χ0n) is 50.1. The number of carbonyl (C=O) groups excluding carboxylic acids is 2. The van der Waals surface area contributed by atoms with Crippen LogP contribution in [-0.2, 0) is 23.8 Å². The van der Waals surface area contributed by atoms with Crippen LogP contribution < -0.4 is 5.32 Å². The molecular weight excluding hydrogens is 967 g/mol. The van der Waals surface area contributed by atoms with Crippen LogP contribution in [0.15, 0.2) is 36.5 Å². The molecule has 0 aromatic rings. The maximum Gasteiger partial charge on any atom is 0.306 e. The Morgan fingerprint density at radius 1 is 0.494 bits per heavy atom. The zero-order valence-corrected chi connectivity index (χ0v) is 50.1. The molecule has 1 rings (SSSR count). The Labute approximate surface area is 473 Å². The van der Waals surface area contributed by atoms with Gasteiger partial charge in [0.2, 0.25) is 5.91 Å². The number of allylic oxidation sites excluding steroid dienone is 5. The van der Waals surface area contributed by atoms with E-state index in [2.05, 4.69) is 50.4 Å². The molecule has 6 N–H and O–H groups in total. The van der Waals surface area contributed by atoms with Crippen molar-refractivity contribution in [3.8, 4) is 0 Å². The third kappa shape index (κ3) is 42.4. The lowest BCUT2D eigenvalue weighted by atomic mass is 9.99. The van der Waals surface area contributed by atoms with Gasteiger partial charge in [-0.25, -0.2) is 0 Å². The molecule has 8 atom stereocenters. The van der Waals surface area contributed by atoms with Crippen LogP contribution in [0.4, 0.5) is 0 Å². The van der Waals surface area contributed by atoms with Crippen LogP contribution in [-0.4, -0.2) is 99.6 Å². The van der Waals surface area contributed by atoms with Gasteiger partial charge >= 0.3 is 5.97 Å². The molecule has 1 amide bonds. The number of nitrogens with one attached hydrogen (secondary N) is 1. The largest absolute Gasteiger partial charge is 0.454 e. The summed E-state index contributed by atoms with van der Waals surface area (Å²) in [5, 5.41) is 57.0. The summed E-state index contributed by atoms with van der Waals surface area (Å²) in [5.74, 6) is -1.19. The van der Waals surface area contributed by atoms with Gasteiger partial charge in [-0.3, -0.25) is 9.59 Å². The van der Waals surface area contributed by atoms with Crippen LogP contribution in [0, 0.1) is 0 Å². The van der Waals surface area contributed by atoms with Crippen molar-refractivity contribution in [3.63, 3.8) is 0 Å². The van der Waals surface area contributed by atoms with Crippen LogP contribution in [0.3, 0.4) is 0 Å². The van der Waals surface area contributed by atoms with Gasteiger partial charge in [0.1, 0.15) is 24.4 Å². The normalized spacial score (nSPS) is 19.2. The number of esters is 1. The average molecular weight is 1090 g/mol.